The molecule has 0 radical (unpaired) electrons. The van der Waals surface area contributed by atoms with Crippen molar-refractivity contribution in [2.75, 3.05) is 11.8 Å². The van der Waals surface area contributed by atoms with E-state index in [4.69, 9.17) is 9.84 Å². The van der Waals surface area contributed by atoms with Crippen LogP contribution >= 0.6 is 0 Å². The minimum absolute atomic E-state index is 0.0826. The highest BCUT2D eigenvalue weighted by Crippen LogP contribution is 2.24. The molecule has 2 rings (SSSR count). The first kappa shape index (κ1) is 14.9. The van der Waals surface area contributed by atoms with Gasteiger partial charge in [0.15, 0.2) is 0 Å². The summed E-state index contributed by atoms with van der Waals surface area (Å²) in [4.78, 5) is 10.9. The zero-order valence-corrected chi connectivity index (χ0v) is 12.1. The Balaban J connectivity index is 2.43. The standard InChI is InChI=1S/C12H13N3O5S/c1-7-6-13-14-11(7)15-21(18,19)8-3-4-10(20-2)9(5-8)12(16)17/h3-6H,1-2H3,(H,16,17)(H2,13,14,15). The Morgan fingerprint density at radius 3 is 2.67 bits per heavy atom. The van der Waals surface area contributed by atoms with Crippen LogP contribution in [-0.4, -0.2) is 36.8 Å². The molecule has 0 aliphatic heterocycles. The summed E-state index contributed by atoms with van der Waals surface area (Å²) in [6.07, 6.45) is 1.47. The third-order valence-corrected chi connectivity index (χ3v) is 4.12. The first-order valence-corrected chi connectivity index (χ1v) is 7.27. The predicted octanol–water partition coefficient (Wildman–Crippen LogP) is 1.23. The van der Waals surface area contributed by atoms with Crippen LogP contribution in [0.1, 0.15) is 15.9 Å². The summed E-state index contributed by atoms with van der Waals surface area (Å²) >= 11 is 0. The number of hydrogen-bond acceptors (Lipinski definition) is 5. The number of methoxy groups -OCH3 is 1. The lowest BCUT2D eigenvalue weighted by molar-refractivity contribution is 0.0693. The smallest absolute Gasteiger partial charge is 0.339 e. The lowest BCUT2D eigenvalue weighted by Gasteiger charge is -2.10. The van der Waals surface area contributed by atoms with E-state index in [2.05, 4.69) is 14.9 Å². The number of ether oxygens (including phenoxy) is 1. The summed E-state index contributed by atoms with van der Waals surface area (Å²) in [6, 6.07) is 3.59. The van der Waals surface area contributed by atoms with Crippen molar-refractivity contribution in [3.8, 4) is 5.75 Å². The minimum atomic E-state index is -3.93. The van der Waals surface area contributed by atoms with Gasteiger partial charge in [0.25, 0.3) is 10.0 Å². The van der Waals surface area contributed by atoms with Gasteiger partial charge in [-0.05, 0) is 25.1 Å². The van der Waals surface area contributed by atoms with Gasteiger partial charge in [-0.15, -0.1) is 0 Å². The quantitative estimate of drug-likeness (QED) is 0.763. The highest BCUT2D eigenvalue weighted by molar-refractivity contribution is 7.92. The van der Waals surface area contributed by atoms with Gasteiger partial charge in [-0.25, -0.2) is 13.2 Å². The molecular formula is C12H13N3O5S. The second-order valence-electron chi connectivity index (χ2n) is 4.20. The summed E-state index contributed by atoms with van der Waals surface area (Å²) < 4.78 is 31.7. The van der Waals surface area contributed by atoms with Crippen LogP contribution in [0.25, 0.3) is 0 Å². The number of carboxylic acid groups (broad SMARTS) is 1. The molecule has 21 heavy (non-hydrogen) atoms. The largest absolute Gasteiger partial charge is 0.496 e. The van der Waals surface area contributed by atoms with Crippen LogP contribution in [0.15, 0.2) is 29.3 Å². The minimum Gasteiger partial charge on any atom is -0.496 e. The Bertz CT molecular complexity index is 782. The van der Waals surface area contributed by atoms with E-state index in [9.17, 15) is 13.2 Å². The third kappa shape index (κ3) is 2.97. The SMILES string of the molecule is COc1ccc(S(=O)(=O)Nc2[nH]ncc2C)cc1C(=O)O. The van der Waals surface area contributed by atoms with Crippen LogP contribution in [0.3, 0.4) is 0 Å². The number of aromatic amines is 1. The van der Waals surface area contributed by atoms with Gasteiger partial charge in [0.05, 0.1) is 18.2 Å². The molecule has 2 aromatic rings. The number of anilines is 1. The van der Waals surface area contributed by atoms with E-state index in [0.717, 1.165) is 6.07 Å². The van der Waals surface area contributed by atoms with Crippen molar-refractivity contribution >= 4 is 21.8 Å². The average Bonchev–Trinajstić information content (AvgIpc) is 2.82. The fraction of sp³-hybridized carbons (Fsp3) is 0.167. The van der Waals surface area contributed by atoms with Crippen LogP contribution in [0, 0.1) is 6.92 Å². The first-order chi connectivity index (χ1) is 9.85. The van der Waals surface area contributed by atoms with E-state index in [1.165, 1.54) is 25.4 Å². The van der Waals surface area contributed by atoms with Crippen molar-refractivity contribution in [2.45, 2.75) is 11.8 Å². The van der Waals surface area contributed by atoms with E-state index in [0.29, 0.717) is 5.56 Å². The van der Waals surface area contributed by atoms with Crippen molar-refractivity contribution < 1.29 is 23.1 Å². The number of aromatic carboxylic acids is 1. The van der Waals surface area contributed by atoms with E-state index in [1.807, 2.05) is 0 Å². The zero-order valence-electron chi connectivity index (χ0n) is 11.2. The fourth-order valence-corrected chi connectivity index (χ4v) is 2.78. The molecule has 0 bridgehead atoms. The van der Waals surface area contributed by atoms with Crippen LogP contribution < -0.4 is 9.46 Å². The molecule has 1 heterocycles. The fourth-order valence-electron chi connectivity index (χ4n) is 1.66. The average molecular weight is 311 g/mol. The van der Waals surface area contributed by atoms with Crippen molar-refractivity contribution in [3.63, 3.8) is 0 Å². The van der Waals surface area contributed by atoms with Crippen LogP contribution in [0.2, 0.25) is 0 Å². The number of benzene rings is 1. The molecular weight excluding hydrogens is 298 g/mol. The van der Waals surface area contributed by atoms with E-state index in [-0.39, 0.29) is 22.0 Å². The van der Waals surface area contributed by atoms with Gasteiger partial charge in [-0.2, -0.15) is 5.10 Å². The molecule has 9 heteroatoms. The molecule has 0 aliphatic carbocycles. The Labute approximate surface area is 120 Å². The molecule has 3 N–H and O–H groups in total. The summed E-state index contributed by atoms with van der Waals surface area (Å²) in [5, 5.41) is 15.3. The Morgan fingerprint density at radius 2 is 2.14 bits per heavy atom. The third-order valence-electron chi connectivity index (χ3n) is 2.78. The van der Waals surface area contributed by atoms with Gasteiger partial charge in [0.2, 0.25) is 0 Å². The van der Waals surface area contributed by atoms with Gasteiger partial charge in [-0.3, -0.25) is 9.82 Å². The lowest BCUT2D eigenvalue weighted by atomic mass is 10.2. The van der Waals surface area contributed by atoms with E-state index < -0.39 is 16.0 Å². The molecule has 112 valence electrons. The topological polar surface area (TPSA) is 121 Å². The molecule has 0 aliphatic rings. The first-order valence-electron chi connectivity index (χ1n) is 5.79. The number of hydrogen-bond donors (Lipinski definition) is 3. The summed E-state index contributed by atoms with van der Waals surface area (Å²) in [6.45, 7) is 1.68. The van der Waals surface area contributed by atoms with Gasteiger partial charge in [0, 0.05) is 5.56 Å². The number of H-pyrrole nitrogens is 1. The maximum absolute atomic E-state index is 12.2. The van der Waals surface area contributed by atoms with Crippen molar-refractivity contribution in [1.29, 1.82) is 0 Å². The van der Waals surface area contributed by atoms with Gasteiger partial charge < -0.3 is 9.84 Å². The maximum Gasteiger partial charge on any atom is 0.339 e. The summed E-state index contributed by atoms with van der Waals surface area (Å²) in [7, 11) is -2.62. The molecule has 0 saturated carbocycles. The Kier molecular flexibility index (Phi) is 3.85. The summed E-state index contributed by atoms with van der Waals surface area (Å²) in [5.41, 5.74) is 0.382. The van der Waals surface area contributed by atoms with Crippen LogP contribution in [0.4, 0.5) is 5.82 Å². The highest BCUT2D eigenvalue weighted by Gasteiger charge is 2.20. The number of nitrogens with one attached hydrogen (secondary N) is 2. The van der Waals surface area contributed by atoms with Crippen molar-refractivity contribution in [2.24, 2.45) is 0 Å². The van der Waals surface area contributed by atoms with Crippen molar-refractivity contribution in [3.05, 3.63) is 35.5 Å². The number of nitrogens with zero attached hydrogens (tertiary/aromatic N) is 1. The normalized spacial score (nSPS) is 11.1. The zero-order chi connectivity index (χ0) is 15.6. The number of rotatable bonds is 5. The van der Waals surface area contributed by atoms with Gasteiger partial charge >= 0.3 is 5.97 Å². The second kappa shape index (κ2) is 5.44. The monoisotopic (exact) mass is 311 g/mol. The van der Waals surface area contributed by atoms with E-state index >= 15 is 0 Å². The van der Waals surface area contributed by atoms with E-state index in [1.54, 1.807) is 6.92 Å². The van der Waals surface area contributed by atoms with Crippen molar-refractivity contribution in [1.82, 2.24) is 10.2 Å². The molecule has 1 aromatic heterocycles. The molecule has 1 aromatic carbocycles. The highest BCUT2D eigenvalue weighted by atomic mass is 32.2. The predicted molar refractivity (Wildman–Crippen MR) is 74.1 cm³/mol. The molecule has 0 spiro atoms. The number of carboxylic acids is 1. The van der Waals surface area contributed by atoms with Gasteiger partial charge in [0.1, 0.15) is 17.1 Å². The molecule has 0 fully saturated rings. The molecule has 8 nitrogen and oxygen atoms in total. The van der Waals surface area contributed by atoms with Gasteiger partial charge in [-0.1, -0.05) is 0 Å². The molecule has 0 saturated heterocycles. The molecule has 0 amide bonds. The Morgan fingerprint density at radius 1 is 1.43 bits per heavy atom. The Hall–Kier alpha value is -2.55. The number of aromatic nitrogens is 2. The molecule has 0 atom stereocenters. The lowest BCUT2D eigenvalue weighted by Crippen LogP contribution is -2.15. The maximum atomic E-state index is 12.2. The number of carbonyl (C=O) groups is 1. The molecule has 0 unspecified atom stereocenters. The second-order valence-corrected chi connectivity index (χ2v) is 5.88. The number of aryl methyl sites for hydroxylation is 1. The number of sulfonamides is 1. The van der Waals surface area contributed by atoms with Crippen LogP contribution in [-0.2, 0) is 10.0 Å². The van der Waals surface area contributed by atoms with Crippen LogP contribution in [0.5, 0.6) is 5.75 Å². The summed E-state index contributed by atoms with van der Waals surface area (Å²) in [5.74, 6) is -0.969.